The molecule has 1 aliphatic rings. The van der Waals surface area contributed by atoms with Crippen LogP contribution in [0.15, 0.2) is 36.4 Å². The van der Waals surface area contributed by atoms with Crippen LogP contribution in [0.25, 0.3) is 0 Å². The molecular formula is C17H17NO4. The van der Waals surface area contributed by atoms with E-state index in [1.165, 1.54) is 0 Å². The molecular weight excluding hydrogens is 282 g/mol. The first kappa shape index (κ1) is 14.3. The van der Waals surface area contributed by atoms with Crippen LogP contribution in [0, 0.1) is 6.92 Å². The number of nitrogen functional groups attached to an aromatic ring is 1. The van der Waals surface area contributed by atoms with E-state index in [1.807, 2.05) is 19.1 Å². The lowest BCUT2D eigenvalue weighted by atomic mass is 10.1. The minimum atomic E-state index is -0.648. The van der Waals surface area contributed by atoms with Crippen molar-refractivity contribution in [2.45, 2.75) is 20.0 Å². The number of anilines is 1. The highest BCUT2D eigenvalue weighted by Crippen LogP contribution is 2.33. The molecule has 1 unspecified atom stereocenters. The van der Waals surface area contributed by atoms with Crippen LogP contribution in [0.2, 0.25) is 0 Å². The normalized spacial score (nSPS) is 13.7. The summed E-state index contributed by atoms with van der Waals surface area (Å²) in [6.45, 7) is 3.83. The van der Waals surface area contributed by atoms with E-state index >= 15 is 0 Å². The maximum absolute atomic E-state index is 12.5. The molecule has 1 atom stereocenters. The van der Waals surface area contributed by atoms with Crippen LogP contribution in [0.3, 0.4) is 0 Å². The van der Waals surface area contributed by atoms with Gasteiger partial charge in [-0.1, -0.05) is 6.07 Å². The highest BCUT2D eigenvalue weighted by atomic mass is 16.7. The minimum absolute atomic E-state index is 0.140. The zero-order valence-corrected chi connectivity index (χ0v) is 12.5. The molecule has 0 aliphatic carbocycles. The molecule has 22 heavy (non-hydrogen) atoms. The molecule has 0 aromatic heterocycles. The number of carbonyl (C=O) groups is 1. The SMILES string of the molecule is Cc1ccc(OC(C)C(=O)c2ccc3c(c2)OCO3)c(N)c1. The number of Topliss-reactive ketones (excluding diaryl/α,β-unsaturated/α-hetero) is 1. The molecule has 1 aliphatic heterocycles. The van der Waals surface area contributed by atoms with Gasteiger partial charge in [0, 0.05) is 5.56 Å². The van der Waals surface area contributed by atoms with E-state index in [2.05, 4.69) is 0 Å². The van der Waals surface area contributed by atoms with Gasteiger partial charge in [0.25, 0.3) is 0 Å². The first-order valence-corrected chi connectivity index (χ1v) is 7.01. The van der Waals surface area contributed by atoms with E-state index < -0.39 is 6.10 Å². The van der Waals surface area contributed by atoms with Crippen LogP contribution in [0.4, 0.5) is 5.69 Å². The van der Waals surface area contributed by atoms with Crippen molar-refractivity contribution in [3.05, 3.63) is 47.5 Å². The van der Waals surface area contributed by atoms with Crippen LogP contribution >= 0.6 is 0 Å². The third-order valence-corrected chi connectivity index (χ3v) is 3.50. The summed E-state index contributed by atoms with van der Waals surface area (Å²) in [7, 11) is 0. The second-order valence-electron chi connectivity index (χ2n) is 5.23. The summed E-state index contributed by atoms with van der Waals surface area (Å²) in [5.74, 6) is 1.59. The fourth-order valence-electron chi connectivity index (χ4n) is 2.30. The second-order valence-corrected chi connectivity index (χ2v) is 5.23. The van der Waals surface area contributed by atoms with Crippen molar-refractivity contribution in [3.8, 4) is 17.2 Å². The van der Waals surface area contributed by atoms with Gasteiger partial charge in [-0.2, -0.15) is 0 Å². The molecule has 3 rings (SSSR count). The maximum atomic E-state index is 12.5. The van der Waals surface area contributed by atoms with Gasteiger partial charge >= 0.3 is 0 Å². The Kier molecular flexibility index (Phi) is 3.63. The van der Waals surface area contributed by atoms with Crippen molar-refractivity contribution < 1.29 is 19.0 Å². The van der Waals surface area contributed by atoms with Gasteiger partial charge in [-0.15, -0.1) is 0 Å². The number of carbonyl (C=O) groups excluding carboxylic acids is 1. The Balaban J connectivity index is 1.77. The molecule has 0 saturated heterocycles. The van der Waals surface area contributed by atoms with Crippen LogP contribution in [0.1, 0.15) is 22.8 Å². The second kappa shape index (κ2) is 5.60. The Labute approximate surface area is 128 Å². The third-order valence-electron chi connectivity index (χ3n) is 3.50. The van der Waals surface area contributed by atoms with Crippen molar-refractivity contribution in [1.82, 2.24) is 0 Å². The molecule has 5 heteroatoms. The highest BCUT2D eigenvalue weighted by molar-refractivity contribution is 6.00. The van der Waals surface area contributed by atoms with Gasteiger partial charge in [-0.25, -0.2) is 0 Å². The zero-order valence-electron chi connectivity index (χ0n) is 12.5. The number of ether oxygens (including phenoxy) is 3. The number of ketones is 1. The van der Waals surface area contributed by atoms with Gasteiger partial charge in [-0.05, 0) is 49.7 Å². The van der Waals surface area contributed by atoms with Crippen LogP contribution in [0.5, 0.6) is 17.2 Å². The lowest BCUT2D eigenvalue weighted by Gasteiger charge is -2.15. The Morgan fingerprint density at radius 2 is 1.95 bits per heavy atom. The molecule has 0 radical (unpaired) electrons. The third kappa shape index (κ3) is 2.70. The Morgan fingerprint density at radius 3 is 2.73 bits per heavy atom. The summed E-state index contributed by atoms with van der Waals surface area (Å²) >= 11 is 0. The molecule has 5 nitrogen and oxygen atoms in total. The van der Waals surface area contributed by atoms with Gasteiger partial charge in [0.05, 0.1) is 5.69 Å². The standard InChI is InChI=1S/C17H17NO4/c1-10-3-5-14(13(18)7-10)22-11(2)17(19)12-4-6-15-16(8-12)21-9-20-15/h3-8,11H,9,18H2,1-2H3. The Bertz CT molecular complexity index is 727. The summed E-state index contributed by atoms with van der Waals surface area (Å²) < 4.78 is 16.2. The van der Waals surface area contributed by atoms with Crippen LogP contribution in [-0.4, -0.2) is 18.7 Å². The van der Waals surface area contributed by atoms with Crippen molar-refractivity contribution in [1.29, 1.82) is 0 Å². The summed E-state index contributed by atoms with van der Waals surface area (Å²) in [5.41, 5.74) is 7.99. The van der Waals surface area contributed by atoms with Crippen molar-refractivity contribution in [3.63, 3.8) is 0 Å². The summed E-state index contributed by atoms with van der Waals surface area (Å²) in [6.07, 6.45) is -0.648. The molecule has 0 amide bonds. The fraction of sp³-hybridized carbons (Fsp3) is 0.235. The molecule has 2 aromatic rings. The number of hydrogen-bond acceptors (Lipinski definition) is 5. The first-order valence-electron chi connectivity index (χ1n) is 7.01. The number of hydrogen-bond donors (Lipinski definition) is 1. The molecule has 0 saturated carbocycles. The van der Waals surface area contributed by atoms with Crippen molar-refractivity contribution in [2.24, 2.45) is 0 Å². The predicted octanol–water partition coefficient (Wildman–Crippen LogP) is 2.96. The average Bonchev–Trinajstić information content (AvgIpc) is 2.96. The van der Waals surface area contributed by atoms with Crippen molar-refractivity contribution >= 4 is 11.5 Å². The fourth-order valence-corrected chi connectivity index (χ4v) is 2.30. The van der Waals surface area contributed by atoms with E-state index in [4.69, 9.17) is 19.9 Å². The lowest BCUT2D eigenvalue weighted by molar-refractivity contribution is 0.0819. The van der Waals surface area contributed by atoms with Gasteiger partial charge in [-0.3, -0.25) is 4.79 Å². The van der Waals surface area contributed by atoms with E-state index in [0.29, 0.717) is 28.5 Å². The molecule has 2 N–H and O–H groups in total. The van der Waals surface area contributed by atoms with E-state index in [9.17, 15) is 4.79 Å². The Morgan fingerprint density at radius 1 is 1.18 bits per heavy atom. The topological polar surface area (TPSA) is 70.8 Å². The molecule has 1 heterocycles. The summed E-state index contributed by atoms with van der Waals surface area (Å²) in [6, 6.07) is 10.6. The van der Waals surface area contributed by atoms with E-state index in [-0.39, 0.29) is 12.6 Å². The summed E-state index contributed by atoms with van der Waals surface area (Å²) in [4.78, 5) is 12.5. The number of benzene rings is 2. The molecule has 2 aromatic carbocycles. The first-order chi connectivity index (χ1) is 10.5. The summed E-state index contributed by atoms with van der Waals surface area (Å²) in [5, 5.41) is 0. The minimum Gasteiger partial charge on any atom is -0.480 e. The van der Waals surface area contributed by atoms with Gasteiger partial charge in [0.1, 0.15) is 5.75 Å². The number of fused-ring (bicyclic) bond motifs is 1. The average molecular weight is 299 g/mol. The highest BCUT2D eigenvalue weighted by Gasteiger charge is 2.21. The number of nitrogens with two attached hydrogens (primary N) is 1. The van der Waals surface area contributed by atoms with E-state index in [1.54, 1.807) is 31.2 Å². The van der Waals surface area contributed by atoms with Gasteiger partial charge < -0.3 is 19.9 Å². The maximum Gasteiger partial charge on any atom is 0.231 e. The van der Waals surface area contributed by atoms with Gasteiger partial charge in [0.15, 0.2) is 17.6 Å². The van der Waals surface area contributed by atoms with E-state index in [0.717, 1.165) is 5.56 Å². The predicted molar refractivity (Wildman–Crippen MR) is 82.6 cm³/mol. The number of rotatable bonds is 4. The quantitative estimate of drug-likeness (QED) is 0.694. The lowest BCUT2D eigenvalue weighted by Crippen LogP contribution is -2.24. The monoisotopic (exact) mass is 299 g/mol. The molecule has 114 valence electrons. The van der Waals surface area contributed by atoms with Crippen molar-refractivity contribution in [2.75, 3.05) is 12.5 Å². The van der Waals surface area contributed by atoms with Crippen LogP contribution in [-0.2, 0) is 0 Å². The zero-order chi connectivity index (χ0) is 15.7. The Hall–Kier alpha value is -2.69. The number of aryl methyl sites for hydroxylation is 1. The largest absolute Gasteiger partial charge is 0.480 e. The van der Waals surface area contributed by atoms with Gasteiger partial charge in [0.2, 0.25) is 12.6 Å². The molecule has 0 bridgehead atoms. The van der Waals surface area contributed by atoms with Crippen LogP contribution < -0.4 is 19.9 Å². The smallest absolute Gasteiger partial charge is 0.231 e. The molecule has 0 spiro atoms. The molecule has 0 fully saturated rings.